The zero-order chi connectivity index (χ0) is 19.0. The highest BCUT2D eigenvalue weighted by Gasteiger charge is 2.33. The molecule has 0 fully saturated rings. The van der Waals surface area contributed by atoms with Crippen LogP contribution >= 0.6 is 11.8 Å². The second-order valence-corrected chi connectivity index (χ2v) is 6.31. The van der Waals surface area contributed by atoms with E-state index in [2.05, 4.69) is 4.98 Å². The van der Waals surface area contributed by atoms with E-state index in [0.29, 0.717) is 29.0 Å². The SMILES string of the molecule is Cc1cc(C)c(-n2cnc(C(F)(F)F)cc2=O)cc1SCC(F)(F)F. The van der Waals surface area contributed by atoms with Crippen molar-refractivity contribution >= 4 is 11.8 Å². The van der Waals surface area contributed by atoms with Gasteiger partial charge in [0.25, 0.3) is 5.56 Å². The monoisotopic (exact) mass is 382 g/mol. The van der Waals surface area contributed by atoms with Gasteiger partial charge in [-0.05, 0) is 31.0 Å². The third-order valence-electron chi connectivity index (χ3n) is 3.24. The Labute approximate surface area is 142 Å². The minimum atomic E-state index is -4.76. The van der Waals surface area contributed by atoms with Crippen molar-refractivity contribution in [2.45, 2.75) is 31.1 Å². The van der Waals surface area contributed by atoms with Crippen LogP contribution in [0.15, 0.2) is 34.2 Å². The van der Waals surface area contributed by atoms with Crippen LogP contribution in [0.4, 0.5) is 26.3 Å². The molecule has 0 aliphatic carbocycles. The molecule has 0 bridgehead atoms. The highest BCUT2D eigenvalue weighted by Crippen LogP contribution is 2.32. The van der Waals surface area contributed by atoms with Gasteiger partial charge in [0.15, 0.2) is 5.69 Å². The molecule has 0 unspecified atom stereocenters. The van der Waals surface area contributed by atoms with Gasteiger partial charge in [0.1, 0.15) is 6.33 Å². The van der Waals surface area contributed by atoms with Crippen LogP contribution in [0.25, 0.3) is 5.69 Å². The molecule has 1 aromatic heterocycles. The Morgan fingerprint density at radius 2 is 1.68 bits per heavy atom. The summed E-state index contributed by atoms with van der Waals surface area (Å²) in [5, 5.41) is 0. The normalized spacial score (nSPS) is 12.5. The lowest BCUT2D eigenvalue weighted by Crippen LogP contribution is -2.22. The van der Waals surface area contributed by atoms with Gasteiger partial charge in [0.2, 0.25) is 0 Å². The zero-order valence-electron chi connectivity index (χ0n) is 13.0. The Morgan fingerprint density at radius 1 is 1.04 bits per heavy atom. The van der Waals surface area contributed by atoms with Crippen LogP contribution in [0.1, 0.15) is 16.8 Å². The van der Waals surface area contributed by atoms with E-state index in [1.807, 2.05) is 0 Å². The van der Waals surface area contributed by atoms with Crippen molar-refractivity contribution in [1.82, 2.24) is 9.55 Å². The van der Waals surface area contributed by atoms with E-state index in [-0.39, 0.29) is 10.6 Å². The molecule has 0 aliphatic rings. The van der Waals surface area contributed by atoms with Gasteiger partial charge in [-0.1, -0.05) is 6.07 Å². The van der Waals surface area contributed by atoms with Crippen LogP contribution in [0, 0.1) is 13.8 Å². The minimum Gasteiger partial charge on any atom is -0.269 e. The van der Waals surface area contributed by atoms with Gasteiger partial charge in [-0.15, -0.1) is 11.8 Å². The fourth-order valence-electron chi connectivity index (χ4n) is 2.13. The number of aryl methyl sites for hydroxylation is 2. The van der Waals surface area contributed by atoms with Crippen molar-refractivity contribution < 1.29 is 26.3 Å². The molecule has 136 valence electrons. The molecule has 0 aliphatic heterocycles. The summed E-state index contributed by atoms with van der Waals surface area (Å²) in [6.45, 7) is 3.22. The fourth-order valence-corrected chi connectivity index (χ4v) is 2.93. The van der Waals surface area contributed by atoms with Crippen molar-refractivity contribution in [1.29, 1.82) is 0 Å². The molecule has 25 heavy (non-hydrogen) atoms. The Kier molecular flexibility index (Phi) is 5.22. The number of hydrogen-bond donors (Lipinski definition) is 0. The molecule has 1 aromatic carbocycles. The summed E-state index contributed by atoms with van der Waals surface area (Å²) >= 11 is 0.544. The van der Waals surface area contributed by atoms with Crippen molar-refractivity contribution in [2.75, 3.05) is 5.75 Å². The van der Waals surface area contributed by atoms with Gasteiger partial charge in [-0.3, -0.25) is 9.36 Å². The van der Waals surface area contributed by atoms with E-state index in [9.17, 15) is 31.1 Å². The number of alkyl halides is 6. The quantitative estimate of drug-likeness (QED) is 0.578. The highest BCUT2D eigenvalue weighted by atomic mass is 32.2. The summed E-state index contributed by atoms with van der Waals surface area (Å²) in [6.07, 6.45) is -8.40. The summed E-state index contributed by atoms with van der Waals surface area (Å²) in [5.74, 6) is -1.11. The molecule has 0 N–H and O–H groups in total. The maximum absolute atomic E-state index is 12.6. The Balaban J connectivity index is 2.47. The van der Waals surface area contributed by atoms with Gasteiger partial charge in [0, 0.05) is 11.0 Å². The average Bonchev–Trinajstić information content (AvgIpc) is 2.45. The predicted molar refractivity (Wildman–Crippen MR) is 81.1 cm³/mol. The van der Waals surface area contributed by atoms with E-state index in [0.717, 1.165) is 10.9 Å². The number of nitrogens with zero attached hydrogens (tertiary/aromatic N) is 2. The third-order valence-corrected chi connectivity index (χ3v) is 4.47. The van der Waals surface area contributed by atoms with Crippen LogP contribution in [0.2, 0.25) is 0 Å². The Hall–Kier alpha value is -1.97. The van der Waals surface area contributed by atoms with Crippen molar-refractivity contribution in [3.05, 3.63) is 51.7 Å². The van der Waals surface area contributed by atoms with E-state index in [1.54, 1.807) is 19.9 Å². The van der Waals surface area contributed by atoms with E-state index in [4.69, 9.17) is 0 Å². The molecular formula is C15H12F6N2OS. The van der Waals surface area contributed by atoms with Gasteiger partial charge in [0.05, 0.1) is 11.4 Å². The van der Waals surface area contributed by atoms with Gasteiger partial charge >= 0.3 is 12.4 Å². The minimum absolute atomic E-state index is 0.182. The Bertz CT molecular complexity index is 841. The summed E-state index contributed by atoms with van der Waals surface area (Å²) in [5.41, 5.74) is -1.02. The fraction of sp³-hybridized carbons (Fsp3) is 0.333. The van der Waals surface area contributed by atoms with Crippen LogP contribution in [0.5, 0.6) is 0 Å². The zero-order valence-corrected chi connectivity index (χ0v) is 13.8. The molecule has 0 saturated carbocycles. The molecule has 0 saturated heterocycles. The molecule has 3 nitrogen and oxygen atoms in total. The molecule has 0 amide bonds. The first-order valence-electron chi connectivity index (χ1n) is 6.85. The standard InChI is InChI=1S/C15H12F6N2OS/c1-8-3-9(2)11(25-6-14(16,17)18)4-10(8)23-7-22-12(5-13(23)24)15(19,20)21/h3-5,7H,6H2,1-2H3. The lowest BCUT2D eigenvalue weighted by Gasteiger charge is -2.15. The van der Waals surface area contributed by atoms with E-state index < -0.39 is 29.4 Å². The first-order valence-corrected chi connectivity index (χ1v) is 7.84. The molecule has 1 heterocycles. The predicted octanol–water partition coefficient (Wildman–Crippen LogP) is 4.52. The van der Waals surface area contributed by atoms with Gasteiger partial charge in [-0.2, -0.15) is 26.3 Å². The highest BCUT2D eigenvalue weighted by molar-refractivity contribution is 7.99. The summed E-state index contributed by atoms with van der Waals surface area (Å²) in [6, 6.07) is 3.26. The smallest absolute Gasteiger partial charge is 0.269 e. The summed E-state index contributed by atoms with van der Waals surface area (Å²) < 4.78 is 75.9. The molecular weight excluding hydrogens is 370 g/mol. The topological polar surface area (TPSA) is 34.9 Å². The van der Waals surface area contributed by atoms with Gasteiger partial charge in [-0.25, -0.2) is 4.98 Å². The lowest BCUT2D eigenvalue weighted by atomic mass is 10.1. The summed E-state index contributed by atoms with van der Waals surface area (Å²) in [4.78, 5) is 15.5. The number of benzene rings is 1. The maximum Gasteiger partial charge on any atom is 0.433 e. The second-order valence-electron chi connectivity index (χ2n) is 5.29. The number of aromatic nitrogens is 2. The molecule has 0 atom stereocenters. The largest absolute Gasteiger partial charge is 0.433 e. The molecule has 2 rings (SSSR count). The number of hydrogen-bond acceptors (Lipinski definition) is 3. The molecule has 0 spiro atoms. The number of halogens is 6. The number of rotatable bonds is 3. The lowest BCUT2D eigenvalue weighted by molar-refractivity contribution is -0.141. The molecule has 10 heteroatoms. The van der Waals surface area contributed by atoms with Crippen LogP contribution in [-0.4, -0.2) is 21.5 Å². The summed E-state index contributed by atoms with van der Waals surface area (Å²) in [7, 11) is 0. The molecule has 0 radical (unpaired) electrons. The first-order chi connectivity index (χ1) is 11.4. The van der Waals surface area contributed by atoms with Crippen molar-refractivity contribution in [3.8, 4) is 5.69 Å². The van der Waals surface area contributed by atoms with Gasteiger partial charge < -0.3 is 0 Å². The van der Waals surface area contributed by atoms with Crippen molar-refractivity contribution in [3.63, 3.8) is 0 Å². The van der Waals surface area contributed by atoms with E-state index >= 15 is 0 Å². The van der Waals surface area contributed by atoms with Crippen molar-refractivity contribution in [2.24, 2.45) is 0 Å². The molecule has 2 aromatic rings. The second kappa shape index (κ2) is 6.74. The average molecular weight is 382 g/mol. The van der Waals surface area contributed by atoms with Crippen LogP contribution < -0.4 is 5.56 Å². The van der Waals surface area contributed by atoms with E-state index in [1.165, 1.54) is 6.07 Å². The van der Waals surface area contributed by atoms with Crippen LogP contribution in [0.3, 0.4) is 0 Å². The Morgan fingerprint density at radius 3 is 2.20 bits per heavy atom. The maximum atomic E-state index is 12.6. The van der Waals surface area contributed by atoms with Crippen LogP contribution in [-0.2, 0) is 6.18 Å². The first kappa shape index (κ1) is 19.4. The number of thioether (sulfide) groups is 1. The third kappa shape index (κ3) is 4.77.